The van der Waals surface area contributed by atoms with Crippen LogP contribution >= 0.6 is 0 Å². The smallest absolute Gasteiger partial charge is 0.265 e. The molecule has 1 saturated heterocycles. The standard InChI is InChI=1S/C28H32N4O2/c1-20-8-11-23-24(29-20)5-3-6-25(23)31-16-14-30(15-17-31)13-12-22-4-2-7-26-28(22)34-19-27(33)32(26)18-21-9-10-21/h2-8,11,21H,9-10,12-19H2,1H3. The van der Waals surface area contributed by atoms with Crippen molar-refractivity contribution in [2.24, 2.45) is 5.92 Å². The van der Waals surface area contributed by atoms with E-state index in [0.29, 0.717) is 5.92 Å². The summed E-state index contributed by atoms with van der Waals surface area (Å²) in [6.45, 7) is 8.15. The van der Waals surface area contributed by atoms with Gasteiger partial charge in [-0.05, 0) is 68.0 Å². The Kier molecular flexibility index (Phi) is 5.61. The molecule has 2 aromatic carbocycles. The van der Waals surface area contributed by atoms with Crippen LogP contribution in [0.2, 0.25) is 0 Å². The van der Waals surface area contributed by atoms with Crippen LogP contribution in [0.5, 0.6) is 5.75 Å². The predicted molar refractivity (Wildman–Crippen MR) is 136 cm³/mol. The van der Waals surface area contributed by atoms with Crippen molar-refractivity contribution < 1.29 is 9.53 Å². The van der Waals surface area contributed by atoms with Crippen molar-refractivity contribution in [1.82, 2.24) is 9.88 Å². The Labute approximate surface area is 201 Å². The molecule has 176 valence electrons. The summed E-state index contributed by atoms with van der Waals surface area (Å²) in [6.07, 6.45) is 3.41. The Bertz CT molecular complexity index is 1210. The van der Waals surface area contributed by atoms with Gasteiger partial charge in [0.15, 0.2) is 6.61 Å². The number of amides is 1. The van der Waals surface area contributed by atoms with Crippen LogP contribution in [0.4, 0.5) is 11.4 Å². The molecule has 1 aliphatic carbocycles. The van der Waals surface area contributed by atoms with Crippen LogP contribution in [0.15, 0.2) is 48.5 Å². The van der Waals surface area contributed by atoms with Gasteiger partial charge in [0.05, 0.1) is 11.2 Å². The molecule has 0 radical (unpaired) electrons. The minimum Gasteiger partial charge on any atom is -0.481 e. The highest BCUT2D eigenvalue weighted by atomic mass is 16.5. The summed E-state index contributed by atoms with van der Waals surface area (Å²) in [5.74, 6) is 1.67. The number of benzene rings is 2. The van der Waals surface area contributed by atoms with Gasteiger partial charge in [-0.1, -0.05) is 18.2 Å². The van der Waals surface area contributed by atoms with E-state index in [1.807, 2.05) is 17.9 Å². The second-order valence-corrected chi connectivity index (χ2v) is 9.88. The van der Waals surface area contributed by atoms with Crippen molar-refractivity contribution in [1.29, 1.82) is 0 Å². The zero-order chi connectivity index (χ0) is 23.1. The number of hydrogen-bond donors (Lipinski definition) is 0. The molecule has 2 aliphatic heterocycles. The van der Waals surface area contributed by atoms with E-state index < -0.39 is 0 Å². The fraction of sp³-hybridized carbons (Fsp3) is 0.429. The molecule has 0 unspecified atom stereocenters. The van der Waals surface area contributed by atoms with Gasteiger partial charge in [0, 0.05) is 56.0 Å². The molecular formula is C28H32N4O2. The summed E-state index contributed by atoms with van der Waals surface area (Å²) in [4.78, 5) is 24.2. The lowest BCUT2D eigenvalue weighted by molar-refractivity contribution is -0.121. The number of fused-ring (bicyclic) bond motifs is 2. The summed E-state index contributed by atoms with van der Waals surface area (Å²) in [5.41, 5.74) is 5.59. The Balaban J connectivity index is 1.10. The predicted octanol–water partition coefficient (Wildman–Crippen LogP) is 4.04. The highest BCUT2D eigenvalue weighted by Crippen LogP contribution is 2.39. The minimum absolute atomic E-state index is 0.0893. The first kappa shape index (κ1) is 21.4. The number of hydrogen-bond acceptors (Lipinski definition) is 5. The molecule has 6 rings (SSSR count). The number of pyridine rings is 1. The van der Waals surface area contributed by atoms with E-state index in [4.69, 9.17) is 9.72 Å². The van der Waals surface area contributed by atoms with Gasteiger partial charge in [-0.3, -0.25) is 14.7 Å². The Hall–Kier alpha value is -3.12. The van der Waals surface area contributed by atoms with Crippen molar-refractivity contribution in [3.8, 4) is 5.75 Å². The van der Waals surface area contributed by atoms with E-state index in [1.165, 1.54) is 29.5 Å². The maximum absolute atomic E-state index is 12.5. The minimum atomic E-state index is 0.0893. The second kappa shape index (κ2) is 8.91. The number of ether oxygens (including phenoxy) is 1. The average Bonchev–Trinajstić information content (AvgIpc) is 3.68. The second-order valence-electron chi connectivity index (χ2n) is 9.88. The molecule has 6 nitrogen and oxygen atoms in total. The van der Waals surface area contributed by atoms with Gasteiger partial charge < -0.3 is 14.5 Å². The summed E-state index contributed by atoms with van der Waals surface area (Å²) in [5, 5.41) is 1.24. The third-order valence-electron chi connectivity index (χ3n) is 7.40. The molecule has 1 saturated carbocycles. The molecule has 0 N–H and O–H groups in total. The molecule has 2 fully saturated rings. The van der Waals surface area contributed by atoms with Crippen LogP contribution in [-0.4, -0.2) is 61.7 Å². The first-order chi connectivity index (χ1) is 16.7. The van der Waals surface area contributed by atoms with E-state index in [2.05, 4.69) is 52.3 Å². The summed E-state index contributed by atoms with van der Waals surface area (Å²) in [6, 6.07) is 17.0. The lowest BCUT2D eigenvalue weighted by Crippen LogP contribution is -2.47. The highest BCUT2D eigenvalue weighted by molar-refractivity contribution is 5.98. The molecule has 1 aromatic heterocycles. The zero-order valence-electron chi connectivity index (χ0n) is 19.9. The number of rotatable bonds is 6. The molecule has 6 heteroatoms. The maximum atomic E-state index is 12.5. The van der Waals surface area contributed by atoms with E-state index in [9.17, 15) is 4.79 Å². The first-order valence-corrected chi connectivity index (χ1v) is 12.5. The first-order valence-electron chi connectivity index (χ1n) is 12.5. The quantitative estimate of drug-likeness (QED) is 0.560. The number of aryl methyl sites for hydroxylation is 1. The number of carbonyl (C=O) groups excluding carboxylic acids is 1. The number of para-hydroxylation sites is 1. The molecule has 0 bridgehead atoms. The fourth-order valence-electron chi connectivity index (χ4n) is 5.26. The van der Waals surface area contributed by atoms with Crippen molar-refractivity contribution >= 4 is 28.2 Å². The third kappa shape index (κ3) is 4.23. The normalized spacial score (nSPS) is 18.8. The van der Waals surface area contributed by atoms with Crippen LogP contribution < -0.4 is 14.5 Å². The molecular weight excluding hydrogens is 424 g/mol. The van der Waals surface area contributed by atoms with Crippen LogP contribution in [0.25, 0.3) is 10.9 Å². The lowest BCUT2D eigenvalue weighted by atomic mass is 10.1. The lowest BCUT2D eigenvalue weighted by Gasteiger charge is -2.37. The van der Waals surface area contributed by atoms with Gasteiger partial charge in [-0.2, -0.15) is 0 Å². The topological polar surface area (TPSA) is 48.9 Å². The highest BCUT2D eigenvalue weighted by Gasteiger charge is 2.32. The van der Waals surface area contributed by atoms with Crippen molar-refractivity contribution in [2.45, 2.75) is 26.2 Å². The van der Waals surface area contributed by atoms with Gasteiger partial charge in [-0.25, -0.2) is 0 Å². The monoisotopic (exact) mass is 456 g/mol. The zero-order valence-corrected chi connectivity index (χ0v) is 19.9. The van der Waals surface area contributed by atoms with Crippen LogP contribution in [0.3, 0.4) is 0 Å². The van der Waals surface area contributed by atoms with Crippen LogP contribution in [0, 0.1) is 12.8 Å². The molecule has 1 amide bonds. The molecule has 0 atom stereocenters. The molecule has 0 spiro atoms. The average molecular weight is 457 g/mol. The van der Waals surface area contributed by atoms with Gasteiger partial charge in [0.2, 0.25) is 0 Å². The molecule has 3 heterocycles. The van der Waals surface area contributed by atoms with Crippen LogP contribution in [-0.2, 0) is 11.2 Å². The fourth-order valence-corrected chi connectivity index (χ4v) is 5.26. The largest absolute Gasteiger partial charge is 0.481 e. The molecule has 3 aromatic rings. The Morgan fingerprint density at radius 1 is 0.971 bits per heavy atom. The summed E-state index contributed by atoms with van der Waals surface area (Å²) < 4.78 is 5.94. The summed E-state index contributed by atoms with van der Waals surface area (Å²) in [7, 11) is 0. The van der Waals surface area contributed by atoms with E-state index in [1.54, 1.807) is 0 Å². The van der Waals surface area contributed by atoms with Gasteiger partial charge in [0.25, 0.3) is 5.91 Å². The number of piperazine rings is 1. The number of anilines is 2. The Morgan fingerprint density at radius 2 is 1.76 bits per heavy atom. The Morgan fingerprint density at radius 3 is 2.59 bits per heavy atom. The number of aromatic nitrogens is 1. The van der Waals surface area contributed by atoms with E-state index >= 15 is 0 Å². The number of carbonyl (C=O) groups is 1. The van der Waals surface area contributed by atoms with Crippen molar-refractivity contribution in [2.75, 3.05) is 55.7 Å². The van der Waals surface area contributed by atoms with Gasteiger partial charge >= 0.3 is 0 Å². The SMILES string of the molecule is Cc1ccc2c(N3CCN(CCc4cccc5c4OCC(=O)N5CC4CC4)CC3)cccc2n1. The summed E-state index contributed by atoms with van der Waals surface area (Å²) >= 11 is 0. The van der Waals surface area contributed by atoms with Gasteiger partial charge in [-0.15, -0.1) is 0 Å². The van der Waals surface area contributed by atoms with E-state index in [-0.39, 0.29) is 12.5 Å². The third-order valence-corrected chi connectivity index (χ3v) is 7.40. The molecule has 34 heavy (non-hydrogen) atoms. The van der Waals surface area contributed by atoms with Crippen LogP contribution in [0.1, 0.15) is 24.1 Å². The van der Waals surface area contributed by atoms with E-state index in [0.717, 1.165) is 68.3 Å². The molecule has 3 aliphatic rings. The number of nitrogens with zero attached hydrogens (tertiary/aromatic N) is 4. The van der Waals surface area contributed by atoms with Crippen molar-refractivity contribution in [3.63, 3.8) is 0 Å². The van der Waals surface area contributed by atoms with Gasteiger partial charge in [0.1, 0.15) is 5.75 Å². The van der Waals surface area contributed by atoms with Crippen molar-refractivity contribution in [3.05, 3.63) is 59.8 Å². The maximum Gasteiger partial charge on any atom is 0.265 e.